The van der Waals surface area contributed by atoms with Gasteiger partial charge in [-0.05, 0) is 42.3 Å². The van der Waals surface area contributed by atoms with Crippen molar-refractivity contribution in [3.8, 4) is 23.0 Å². The lowest BCUT2D eigenvalue weighted by atomic mass is 10.1. The SMILES string of the molecule is COc1ccc(CCNC(=O)Cn2nc(-c3ccco3)ccc2=O)cc1OC. The average molecular weight is 383 g/mol. The van der Waals surface area contributed by atoms with Crippen LogP contribution in [0.15, 0.2) is 57.9 Å². The number of nitrogens with one attached hydrogen (secondary N) is 1. The van der Waals surface area contributed by atoms with E-state index in [4.69, 9.17) is 13.9 Å². The second-order valence-corrected chi connectivity index (χ2v) is 5.98. The third-order valence-corrected chi connectivity index (χ3v) is 4.12. The number of carbonyl (C=O) groups is 1. The van der Waals surface area contributed by atoms with E-state index < -0.39 is 0 Å². The van der Waals surface area contributed by atoms with E-state index in [1.165, 1.54) is 12.3 Å². The van der Waals surface area contributed by atoms with Crippen LogP contribution in [0.2, 0.25) is 0 Å². The Balaban J connectivity index is 1.58. The van der Waals surface area contributed by atoms with Crippen molar-refractivity contribution in [3.63, 3.8) is 0 Å². The van der Waals surface area contributed by atoms with E-state index in [1.54, 1.807) is 32.4 Å². The summed E-state index contributed by atoms with van der Waals surface area (Å²) in [4.78, 5) is 24.2. The standard InChI is InChI=1S/C20H21N3O5/c1-26-17-7-5-14(12-18(17)27-2)9-10-21-19(24)13-23-20(25)8-6-15(22-23)16-4-3-11-28-16/h3-8,11-12H,9-10,13H2,1-2H3,(H,21,24). The van der Waals surface area contributed by atoms with Crippen LogP contribution in [-0.4, -0.2) is 36.5 Å². The summed E-state index contributed by atoms with van der Waals surface area (Å²) >= 11 is 0. The van der Waals surface area contributed by atoms with E-state index in [0.717, 1.165) is 10.2 Å². The molecular formula is C20H21N3O5. The molecule has 0 bridgehead atoms. The van der Waals surface area contributed by atoms with E-state index >= 15 is 0 Å². The monoisotopic (exact) mass is 383 g/mol. The summed E-state index contributed by atoms with van der Waals surface area (Å²) in [5, 5.41) is 6.97. The summed E-state index contributed by atoms with van der Waals surface area (Å²) in [6, 6.07) is 12.0. The van der Waals surface area contributed by atoms with Gasteiger partial charge >= 0.3 is 0 Å². The second-order valence-electron chi connectivity index (χ2n) is 5.98. The summed E-state index contributed by atoms with van der Waals surface area (Å²) < 4.78 is 16.9. The van der Waals surface area contributed by atoms with Gasteiger partial charge in [-0.3, -0.25) is 9.59 Å². The summed E-state index contributed by atoms with van der Waals surface area (Å²) in [6.45, 7) is 0.250. The first-order valence-corrected chi connectivity index (χ1v) is 8.70. The van der Waals surface area contributed by atoms with Gasteiger partial charge < -0.3 is 19.2 Å². The molecule has 0 saturated carbocycles. The van der Waals surface area contributed by atoms with Crippen molar-refractivity contribution >= 4 is 5.91 Å². The molecule has 2 heterocycles. The normalized spacial score (nSPS) is 10.5. The lowest BCUT2D eigenvalue weighted by Gasteiger charge is -2.10. The number of rotatable bonds is 8. The molecule has 2 aromatic heterocycles. The van der Waals surface area contributed by atoms with Crippen molar-refractivity contribution < 1.29 is 18.7 Å². The molecule has 0 radical (unpaired) electrons. The zero-order valence-corrected chi connectivity index (χ0v) is 15.7. The number of methoxy groups -OCH3 is 2. The minimum absolute atomic E-state index is 0.167. The zero-order chi connectivity index (χ0) is 19.9. The van der Waals surface area contributed by atoms with Gasteiger partial charge in [0.2, 0.25) is 5.91 Å². The number of hydrogen-bond acceptors (Lipinski definition) is 6. The number of nitrogens with zero attached hydrogens (tertiary/aromatic N) is 2. The number of ether oxygens (including phenoxy) is 2. The Hall–Kier alpha value is -3.55. The molecular weight excluding hydrogens is 362 g/mol. The quantitative estimate of drug-likeness (QED) is 0.638. The van der Waals surface area contributed by atoms with Crippen LogP contribution in [-0.2, 0) is 17.8 Å². The van der Waals surface area contributed by atoms with Gasteiger partial charge in [0.1, 0.15) is 12.2 Å². The topological polar surface area (TPSA) is 95.6 Å². The van der Waals surface area contributed by atoms with Gasteiger partial charge in [-0.1, -0.05) is 6.07 Å². The molecule has 0 aliphatic rings. The summed E-state index contributed by atoms with van der Waals surface area (Å²) in [5.41, 5.74) is 1.13. The number of hydrogen-bond donors (Lipinski definition) is 1. The van der Waals surface area contributed by atoms with Crippen molar-refractivity contribution in [1.29, 1.82) is 0 Å². The highest BCUT2D eigenvalue weighted by molar-refractivity contribution is 5.75. The third kappa shape index (κ3) is 4.59. The second kappa shape index (κ2) is 8.90. The third-order valence-electron chi connectivity index (χ3n) is 4.12. The summed E-state index contributed by atoms with van der Waals surface area (Å²) in [5.74, 6) is 1.52. The number of amides is 1. The Morgan fingerprint density at radius 1 is 1.14 bits per heavy atom. The lowest BCUT2D eigenvalue weighted by molar-refractivity contribution is -0.121. The smallest absolute Gasteiger partial charge is 0.267 e. The highest BCUT2D eigenvalue weighted by Gasteiger charge is 2.10. The fraction of sp³-hybridized carbons (Fsp3) is 0.250. The van der Waals surface area contributed by atoms with Gasteiger partial charge in [0.25, 0.3) is 5.56 Å². The van der Waals surface area contributed by atoms with Gasteiger partial charge in [-0.2, -0.15) is 5.10 Å². The van der Waals surface area contributed by atoms with Gasteiger partial charge in [0.05, 0.1) is 20.5 Å². The molecule has 1 aromatic carbocycles. The van der Waals surface area contributed by atoms with Gasteiger partial charge in [0, 0.05) is 12.6 Å². The van der Waals surface area contributed by atoms with Crippen LogP contribution < -0.4 is 20.3 Å². The molecule has 0 spiro atoms. The van der Waals surface area contributed by atoms with Crippen LogP contribution >= 0.6 is 0 Å². The van der Waals surface area contributed by atoms with E-state index in [9.17, 15) is 9.59 Å². The van der Waals surface area contributed by atoms with E-state index in [2.05, 4.69) is 10.4 Å². The van der Waals surface area contributed by atoms with Crippen LogP contribution in [0.3, 0.4) is 0 Å². The first-order chi connectivity index (χ1) is 13.6. The van der Waals surface area contributed by atoms with Crippen molar-refractivity contribution in [2.45, 2.75) is 13.0 Å². The molecule has 1 amide bonds. The van der Waals surface area contributed by atoms with Gasteiger partial charge in [0.15, 0.2) is 17.3 Å². The Kier molecular flexibility index (Phi) is 6.11. The predicted octanol–water partition coefficient (Wildman–Crippen LogP) is 1.88. The maximum atomic E-state index is 12.2. The minimum atomic E-state index is -0.356. The maximum Gasteiger partial charge on any atom is 0.267 e. The molecule has 1 N–H and O–H groups in total. The van der Waals surface area contributed by atoms with Gasteiger partial charge in [-0.25, -0.2) is 4.68 Å². The number of carbonyl (C=O) groups excluding carboxylic acids is 1. The largest absolute Gasteiger partial charge is 0.493 e. The Bertz CT molecular complexity index is 995. The Labute approximate surface area is 161 Å². The highest BCUT2D eigenvalue weighted by atomic mass is 16.5. The summed E-state index contributed by atoms with van der Waals surface area (Å²) in [6.07, 6.45) is 2.13. The van der Waals surface area contributed by atoms with Crippen LogP contribution in [0.5, 0.6) is 11.5 Å². The number of aromatic nitrogens is 2. The van der Waals surface area contributed by atoms with Crippen molar-refractivity contribution in [2.24, 2.45) is 0 Å². The molecule has 3 rings (SSSR count). The molecule has 8 nitrogen and oxygen atoms in total. The van der Waals surface area contributed by atoms with E-state index in [0.29, 0.717) is 35.9 Å². The Morgan fingerprint density at radius 2 is 1.96 bits per heavy atom. The lowest BCUT2D eigenvalue weighted by Crippen LogP contribution is -2.34. The molecule has 0 aliphatic carbocycles. The van der Waals surface area contributed by atoms with Crippen LogP contribution in [0.25, 0.3) is 11.5 Å². The maximum absolute atomic E-state index is 12.2. The first-order valence-electron chi connectivity index (χ1n) is 8.70. The van der Waals surface area contributed by atoms with E-state index in [1.807, 2.05) is 18.2 Å². The zero-order valence-electron chi connectivity index (χ0n) is 15.7. The molecule has 0 fully saturated rings. The molecule has 0 atom stereocenters. The van der Waals surface area contributed by atoms with Crippen LogP contribution in [0, 0.1) is 0 Å². The number of benzene rings is 1. The molecule has 8 heteroatoms. The molecule has 0 aliphatic heterocycles. The van der Waals surface area contributed by atoms with Crippen LogP contribution in [0.4, 0.5) is 0 Å². The van der Waals surface area contributed by atoms with Crippen LogP contribution in [0.1, 0.15) is 5.56 Å². The molecule has 28 heavy (non-hydrogen) atoms. The highest BCUT2D eigenvalue weighted by Crippen LogP contribution is 2.27. The predicted molar refractivity (Wildman–Crippen MR) is 102 cm³/mol. The first kappa shape index (κ1) is 19.2. The fourth-order valence-electron chi connectivity index (χ4n) is 2.69. The number of furan rings is 1. The molecule has 146 valence electrons. The van der Waals surface area contributed by atoms with Crippen molar-refractivity contribution in [3.05, 3.63) is 64.6 Å². The molecule has 3 aromatic rings. The van der Waals surface area contributed by atoms with Crippen molar-refractivity contribution in [1.82, 2.24) is 15.1 Å². The average Bonchev–Trinajstić information content (AvgIpc) is 3.24. The van der Waals surface area contributed by atoms with Gasteiger partial charge in [-0.15, -0.1) is 0 Å². The van der Waals surface area contributed by atoms with Crippen molar-refractivity contribution in [2.75, 3.05) is 20.8 Å². The molecule has 0 unspecified atom stereocenters. The summed E-state index contributed by atoms with van der Waals surface area (Å²) in [7, 11) is 3.15. The molecule has 0 saturated heterocycles. The van der Waals surface area contributed by atoms with E-state index in [-0.39, 0.29) is 18.0 Å². The fourth-order valence-corrected chi connectivity index (χ4v) is 2.69. The Morgan fingerprint density at radius 3 is 2.68 bits per heavy atom. The minimum Gasteiger partial charge on any atom is -0.493 e.